The summed E-state index contributed by atoms with van der Waals surface area (Å²) in [6.45, 7) is 16.0. The van der Waals surface area contributed by atoms with Crippen molar-refractivity contribution >= 4 is 46.1 Å². The van der Waals surface area contributed by atoms with Gasteiger partial charge < -0.3 is 29.2 Å². The van der Waals surface area contributed by atoms with Crippen molar-refractivity contribution in [2.24, 2.45) is 11.3 Å². The van der Waals surface area contributed by atoms with Gasteiger partial charge in [0.1, 0.15) is 18.1 Å². The minimum absolute atomic E-state index is 0.105. The van der Waals surface area contributed by atoms with Crippen molar-refractivity contribution in [2.75, 3.05) is 33.9 Å². The molecule has 3 aliphatic heterocycles. The van der Waals surface area contributed by atoms with E-state index < -0.39 is 35.4 Å². The van der Waals surface area contributed by atoms with Crippen LogP contribution in [0.4, 0.5) is 4.79 Å². The van der Waals surface area contributed by atoms with Gasteiger partial charge in [-0.15, -0.1) is 11.3 Å². The normalized spacial score (nSPS) is 21.9. The number of fused-ring (bicyclic) bond motifs is 6. The molecule has 7 rings (SSSR count). The number of aryl methyl sites for hydroxylation is 1. The average Bonchev–Trinajstić information content (AvgIpc) is 3.82. The number of nitrogens with zero attached hydrogens (tertiary/aromatic N) is 6. The molecule has 0 radical (unpaired) electrons. The van der Waals surface area contributed by atoms with Crippen LogP contribution < -0.4 is 10.7 Å². The molecular weight excluding hydrogens is 781 g/mol. The van der Waals surface area contributed by atoms with Crippen LogP contribution in [0.5, 0.6) is 0 Å². The van der Waals surface area contributed by atoms with Crippen LogP contribution in [-0.2, 0) is 43.2 Å². The number of thiazole rings is 1. The molecule has 322 valence electrons. The number of methoxy groups -OCH3 is 1. The number of hydrazine groups is 1. The van der Waals surface area contributed by atoms with Gasteiger partial charge in [-0.1, -0.05) is 33.8 Å². The Morgan fingerprint density at radius 1 is 1.15 bits per heavy atom. The van der Waals surface area contributed by atoms with Gasteiger partial charge in [0.25, 0.3) is 5.91 Å². The van der Waals surface area contributed by atoms with Gasteiger partial charge in [0.05, 0.1) is 34.8 Å². The maximum atomic E-state index is 14.5. The predicted octanol–water partition coefficient (Wildman–Crippen LogP) is 6.37. The van der Waals surface area contributed by atoms with Crippen molar-refractivity contribution in [3.63, 3.8) is 0 Å². The Morgan fingerprint density at radius 3 is 2.62 bits per heavy atom. The molecule has 6 bridgehead atoms. The summed E-state index contributed by atoms with van der Waals surface area (Å²) in [5.74, 6) is -1.48. The summed E-state index contributed by atoms with van der Waals surface area (Å²) in [4.78, 5) is 69.1. The third kappa shape index (κ3) is 8.53. The lowest BCUT2D eigenvalue weighted by atomic mass is 9.84. The number of carbonyl (C=O) groups is 4. The fourth-order valence-electron chi connectivity index (χ4n) is 8.87. The summed E-state index contributed by atoms with van der Waals surface area (Å²) in [6.07, 6.45) is 4.24. The summed E-state index contributed by atoms with van der Waals surface area (Å²) in [7, 11) is 3.34. The number of rotatable bonds is 8. The summed E-state index contributed by atoms with van der Waals surface area (Å²) in [6, 6.07) is 7.76. The first-order chi connectivity index (χ1) is 28.6. The number of likely N-dealkylation sites (tertiary alicyclic amines) is 1. The molecular formula is C45H60N8O6S. The molecule has 15 heteroatoms. The molecule has 5 atom stereocenters. The van der Waals surface area contributed by atoms with Crippen molar-refractivity contribution < 1.29 is 28.7 Å². The van der Waals surface area contributed by atoms with Gasteiger partial charge in [-0.05, 0) is 82.2 Å². The van der Waals surface area contributed by atoms with Gasteiger partial charge >= 0.3 is 12.0 Å². The number of pyridine rings is 1. The highest BCUT2D eigenvalue weighted by Crippen LogP contribution is 2.42. The van der Waals surface area contributed by atoms with Crippen LogP contribution >= 0.6 is 11.3 Å². The van der Waals surface area contributed by atoms with E-state index in [-0.39, 0.29) is 43.0 Å². The van der Waals surface area contributed by atoms with Crippen LogP contribution in [0.1, 0.15) is 90.1 Å². The van der Waals surface area contributed by atoms with Gasteiger partial charge in [0.15, 0.2) is 0 Å². The number of hydrogen-bond donors (Lipinski definition) is 2. The van der Waals surface area contributed by atoms with Crippen molar-refractivity contribution in [3.8, 4) is 22.5 Å². The monoisotopic (exact) mass is 840 g/mol. The van der Waals surface area contributed by atoms with Crippen LogP contribution in [0.3, 0.4) is 0 Å². The standard InChI is InChI=1S/C45H60N8O6S/c1-10-51-36-16-15-29-21-31(36)32(40(51)30-13-11-18-46-38(30)28(5)58-9)23-45(6,7)25-59-43(56)33-14-12-19-53(49-33)42(55)34(22-37-47-35(29)24-60-37)48-41(54)39(26(2)3)50(8)44(57)52-20-17-27(52)4/h11,13,15-16,18,21,24,26-28,33-34,39,49H,10,12,14,17,19-20,22-23,25H2,1-9H3,(H,48,54)/t27-,28+,33+,34+,39+/m1/s1. The van der Waals surface area contributed by atoms with E-state index in [1.807, 2.05) is 39.1 Å². The number of aromatic nitrogens is 3. The van der Waals surface area contributed by atoms with E-state index in [1.54, 1.807) is 25.3 Å². The third-order valence-corrected chi connectivity index (χ3v) is 13.2. The SMILES string of the molecule is CCn1c(-c2cccnc2[C@H](C)OC)c2c3cc(ccc31)-c1csc(n1)C[C@H](NC(=O)[C@H](C(C)C)N(C)C(=O)N1CC[C@H]1C)C(=O)N1CCC[C@H](N1)C(=O)OCC(C)(C)C2. The van der Waals surface area contributed by atoms with Crippen LogP contribution in [0.15, 0.2) is 41.9 Å². The molecule has 1 aromatic carbocycles. The Bertz CT molecular complexity index is 2250. The van der Waals surface area contributed by atoms with Gasteiger partial charge in [0.2, 0.25) is 5.91 Å². The van der Waals surface area contributed by atoms with E-state index in [9.17, 15) is 19.2 Å². The largest absolute Gasteiger partial charge is 0.464 e. The van der Waals surface area contributed by atoms with Crippen LogP contribution in [0.25, 0.3) is 33.4 Å². The lowest BCUT2D eigenvalue weighted by molar-refractivity contribution is -0.155. The number of hydrogen-bond acceptors (Lipinski definition) is 10. The highest BCUT2D eigenvalue weighted by molar-refractivity contribution is 7.10. The van der Waals surface area contributed by atoms with E-state index in [0.717, 1.165) is 51.1 Å². The first-order valence-corrected chi connectivity index (χ1v) is 22.2. The second-order valence-electron chi connectivity index (χ2n) is 17.7. The van der Waals surface area contributed by atoms with Crippen molar-refractivity contribution in [2.45, 2.75) is 117 Å². The number of ether oxygens (including phenoxy) is 2. The minimum Gasteiger partial charge on any atom is -0.464 e. The quantitative estimate of drug-likeness (QED) is 0.193. The Balaban J connectivity index is 1.30. The number of urea groups is 1. The molecule has 0 aliphatic carbocycles. The first-order valence-electron chi connectivity index (χ1n) is 21.3. The Labute approximate surface area is 357 Å². The molecule has 3 aromatic heterocycles. The van der Waals surface area contributed by atoms with Gasteiger partial charge in [-0.2, -0.15) is 0 Å². The molecule has 3 aliphatic rings. The molecule has 0 saturated carbocycles. The zero-order chi connectivity index (χ0) is 43.0. The number of nitrogens with one attached hydrogen (secondary N) is 2. The van der Waals surface area contributed by atoms with E-state index >= 15 is 0 Å². The second kappa shape index (κ2) is 17.6. The number of amides is 4. The van der Waals surface area contributed by atoms with Gasteiger partial charge in [0, 0.05) is 85.3 Å². The Hall–Kier alpha value is -4.86. The Morgan fingerprint density at radius 2 is 1.93 bits per heavy atom. The number of esters is 1. The summed E-state index contributed by atoms with van der Waals surface area (Å²) < 4.78 is 14.2. The molecule has 6 heterocycles. The lowest BCUT2D eigenvalue weighted by Crippen LogP contribution is -2.63. The maximum Gasteiger partial charge on any atom is 0.324 e. The van der Waals surface area contributed by atoms with E-state index in [0.29, 0.717) is 43.9 Å². The molecule has 2 fully saturated rings. The highest BCUT2D eigenvalue weighted by atomic mass is 32.1. The van der Waals surface area contributed by atoms with E-state index in [1.165, 1.54) is 21.2 Å². The second-order valence-corrected chi connectivity index (χ2v) is 18.6. The van der Waals surface area contributed by atoms with E-state index in [2.05, 4.69) is 60.3 Å². The average molecular weight is 841 g/mol. The first kappa shape index (κ1) is 43.2. The fourth-order valence-corrected chi connectivity index (χ4v) is 9.72. The lowest BCUT2D eigenvalue weighted by Gasteiger charge is -2.43. The van der Waals surface area contributed by atoms with E-state index in [4.69, 9.17) is 19.4 Å². The summed E-state index contributed by atoms with van der Waals surface area (Å²) in [5, 5.41) is 8.20. The molecule has 0 spiro atoms. The van der Waals surface area contributed by atoms with Gasteiger partial charge in [-0.3, -0.25) is 24.4 Å². The molecule has 2 saturated heterocycles. The minimum atomic E-state index is -1.03. The molecule has 4 aromatic rings. The topological polar surface area (TPSA) is 151 Å². The van der Waals surface area contributed by atoms with Crippen LogP contribution in [0.2, 0.25) is 0 Å². The highest BCUT2D eigenvalue weighted by Gasteiger charge is 2.40. The number of benzene rings is 1. The number of carbonyl (C=O) groups excluding carboxylic acids is 4. The summed E-state index contributed by atoms with van der Waals surface area (Å²) >= 11 is 1.43. The zero-order valence-corrected chi connectivity index (χ0v) is 37.2. The van der Waals surface area contributed by atoms with Crippen molar-refractivity contribution in [1.82, 2.24) is 40.1 Å². The molecule has 4 amide bonds. The molecule has 2 N–H and O–H groups in total. The van der Waals surface area contributed by atoms with Crippen molar-refractivity contribution in [1.29, 1.82) is 0 Å². The van der Waals surface area contributed by atoms with Crippen molar-refractivity contribution in [3.05, 3.63) is 58.2 Å². The van der Waals surface area contributed by atoms with Crippen LogP contribution in [0, 0.1) is 11.3 Å². The number of likely N-dealkylation sites (N-methyl/N-ethyl adjacent to an activating group) is 1. The molecule has 60 heavy (non-hydrogen) atoms. The maximum absolute atomic E-state index is 14.5. The number of cyclic esters (lactones) is 1. The van der Waals surface area contributed by atoms with Crippen LogP contribution in [-0.4, -0.2) is 111 Å². The smallest absolute Gasteiger partial charge is 0.324 e. The third-order valence-electron chi connectivity index (χ3n) is 12.3. The summed E-state index contributed by atoms with van der Waals surface area (Å²) in [5.41, 5.74) is 9.41. The Kier molecular flexibility index (Phi) is 12.7. The fraction of sp³-hybridized carbons (Fsp3) is 0.556. The predicted molar refractivity (Wildman–Crippen MR) is 232 cm³/mol. The van der Waals surface area contributed by atoms with Gasteiger partial charge in [-0.25, -0.2) is 15.2 Å². The zero-order valence-electron chi connectivity index (χ0n) is 36.4. The molecule has 0 unspecified atom stereocenters. The molecule has 14 nitrogen and oxygen atoms in total.